The van der Waals surface area contributed by atoms with Gasteiger partial charge in [-0.05, 0) is 24.5 Å². The normalized spacial score (nSPS) is 19.3. The van der Waals surface area contributed by atoms with Crippen LogP contribution in [0.2, 0.25) is 0 Å². The number of nitrogens with zero attached hydrogens (tertiary/aromatic N) is 1. The van der Waals surface area contributed by atoms with Crippen LogP contribution in [0.25, 0.3) is 0 Å². The van der Waals surface area contributed by atoms with Gasteiger partial charge < -0.3 is 5.32 Å². The molecule has 1 unspecified atom stereocenters. The minimum atomic E-state index is -0.364. The molecule has 1 aliphatic heterocycles. The van der Waals surface area contributed by atoms with Crippen molar-refractivity contribution in [1.29, 1.82) is 0 Å². The maximum absolute atomic E-state index is 12.0. The molecular weight excluding hydrogens is 240 g/mol. The Bertz CT molecular complexity index is 485. The Kier molecular flexibility index (Phi) is 4.32. The SMILES string of the molecule is CCc1ccccc1CNC1CC(=O)N(CC)C1=O. The minimum absolute atomic E-state index is 0.0752. The van der Waals surface area contributed by atoms with Crippen LogP contribution in [0.3, 0.4) is 0 Å². The Balaban J connectivity index is 2.00. The van der Waals surface area contributed by atoms with Gasteiger partial charge in [-0.25, -0.2) is 0 Å². The summed E-state index contributed by atoms with van der Waals surface area (Å²) < 4.78 is 0. The fraction of sp³-hybridized carbons (Fsp3) is 0.467. The lowest BCUT2D eigenvalue weighted by atomic mass is 10.1. The van der Waals surface area contributed by atoms with Crippen molar-refractivity contribution in [3.8, 4) is 0 Å². The quantitative estimate of drug-likeness (QED) is 0.816. The molecule has 1 N–H and O–H groups in total. The molecule has 2 amide bonds. The number of nitrogens with one attached hydrogen (secondary N) is 1. The molecule has 1 saturated heterocycles. The van der Waals surface area contributed by atoms with Crippen molar-refractivity contribution in [2.45, 2.75) is 39.3 Å². The number of benzene rings is 1. The monoisotopic (exact) mass is 260 g/mol. The van der Waals surface area contributed by atoms with Gasteiger partial charge in [-0.3, -0.25) is 14.5 Å². The predicted octanol–water partition coefficient (Wildman–Crippen LogP) is 1.49. The van der Waals surface area contributed by atoms with E-state index in [0.717, 1.165) is 6.42 Å². The molecule has 0 aliphatic carbocycles. The molecule has 1 aromatic carbocycles. The number of hydrogen-bond acceptors (Lipinski definition) is 3. The van der Waals surface area contributed by atoms with Crippen LogP contribution in [-0.2, 0) is 22.6 Å². The smallest absolute Gasteiger partial charge is 0.246 e. The highest BCUT2D eigenvalue weighted by atomic mass is 16.2. The first kappa shape index (κ1) is 13.7. The van der Waals surface area contributed by atoms with Gasteiger partial charge in [0.15, 0.2) is 0 Å². The van der Waals surface area contributed by atoms with Gasteiger partial charge in [0.25, 0.3) is 0 Å². The lowest BCUT2D eigenvalue weighted by Gasteiger charge is -2.14. The number of imide groups is 1. The second kappa shape index (κ2) is 5.97. The van der Waals surface area contributed by atoms with Gasteiger partial charge in [0.1, 0.15) is 0 Å². The molecule has 1 aromatic rings. The van der Waals surface area contributed by atoms with E-state index >= 15 is 0 Å². The summed E-state index contributed by atoms with van der Waals surface area (Å²) in [5.41, 5.74) is 2.47. The van der Waals surface area contributed by atoms with Crippen molar-refractivity contribution >= 4 is 11.8 Å². The number of hydrogen-bond donors (Lipinski definition) is 1. The highest BCUT2D eigenvalue weighted by Crippen LogP contribution is 2.14. The lowest BCUT2D eigenvalue weighted by molar-refractivity contribution is -0.138. The molecule has 4 heteroatoms. The zero-order valence-corrected chi connectivity index (χ0v) is 11.5. The Morgan fingerprint density at radius 3 is 2.47 bits per heavy atom. The van der Waals surface area contributed by atoms with Crippen molar-refractivity contribution in [3.05, 3.63) is 35.4 Å². The molecule has 1 aliphatic rings. The van der Waals surface area contributed by atoms with Crippen LogP contribution in [0, 0.1) is 0 Å². The predicted molar refractivity (Wildman–Crippen MR) is 73.5 cm³/mol. The number of likely N-dealkylation sites (N-methyl/N-ethyl adjacent to an activating group) is 1. The number of aryl methyl sites for hydroxylation is 1. The molecule has 4 nitrogen and oxygen atoms in total. The van der Waals surface area contributed by atoms with Crippen LogP contribution in [-0.4, -0.2) is 29.3 Å². The van der Waals surface area contributed by atoms with E-state index in [4.69, 9.17) is 0 Å². The summed E-state index contributed by atoms with van der Waals surface area (Å²) >= 11 is 0. The summed E-state index contributed by atoms with van der Waals surface area (Å²) in [4.78, 5) is 24.9. The summed E-state index contributed by atoms with van der Waals surface area (Å²) in [6.45, 7) is 5.03. The fourth-order valence-corrected chi connectivity index (χ4v) is 2.48. The second-order valence-corrected chi connectivity index (χ2v) is 4.74. The van der Waals surface area contributed by atoms with Gasteiger partial charge in [0.2, 0.25) is 11.8 Å². The number of rotatable bonds is 5. The van der Waals surface area contributed by atoms with Crippen LogP contribution in [0.4, 0.5) is 0 Å². The van der Waals surface area contributed by atoms with Gasteiger partial charge in [0, 0.05) is 13.1 Å². The van der Waals surface area contributed by atoms with Crippen molar-refractivity contribution < 1.29 is 9.59 Å². The molecule has 0 radical (unpaired) electrons. The van der Waals surface area contributed by atoms with E-state index in [9.17, 15) is 9.59 Å². The van der Waals surface area contributed by atoms with Crippen molar-refractivity contribution in [1.82, 2.24) is 10.2 Å². The Morgan fingerprint density at radius 1 is 1.21 bits per heavy atom. The van der Waals surface area contributed by atoms with Crippen molar-refractivity contribution in [2.24, 2.45) is 0 Å². The molecule has 0 aromatic heterocycles. The average Bonchev–Trinajstić information content (AvgIpc) is 2.71. The van der Waals surface area contributed by atoms with Crippen LogP contribution in [0.1, 0.15) is 31.4 Å². The van der Waals surface area contributed by atoms with Crippen molar-refractivity contribution in [2.75, 3.05) is 6.54 Å². The Morgan fingerprint density at radius 2 is 1.89 bits per heavy atom. The fourth-order valence-electron chi connectivity index (χ4n) is 2.48. The molecule has 0 bridgehead atoms. The molecule has 19 heavy (non-hydrogen) atoms. The summed E-state index contributed by atoms with van der Waals surface area (Å²) in [6, 6.07) is 7.81. The molecule has 1 heterocycles. The van der Waals surface area contributed by atoms with Crippen LogP contribution in [0.15, 0.2) is 24.3 Å². The van der Waals surface area contributed by atoms with E-state index in [1.807, 2.05) is 19.1 Å². The third kappa shape index (κ3) is 2.84. The third-order valence-corrected chi connectivity index (χ3v) is 3.60. The topological polar surface area (TPSA) is 49.4 Å². The van der Waals surface area contributed by atoms with Crippen LogP contribution in [0.5, 0.6) is 0 Å². The zero-order chi connectivity index (χ0) is 13.8. The highest BCUT2D eigenvalue weighted by molar-refractivity contribution is 6.05. The molecule has 2 rings (SSSR count). The number of likely N-dealkylation sites (tertiary alicyclic amines) is 1. The number of carbonyl (C=O) groups is 2. The third-order valence-electron chi connectivity index (χ3n) is 3.60. The largest absolute Gasteiger partial charge is 0.301 e. The average molecular weight is 260 g/mol. The first-order chi connectivity index (χ1) is 9.17. The van der Waals surface area contributed by atoms with Gasteiger partial charge in [0.05, 0.1) is 12.5 Å². The summed E-state index contributed by atoms with van der Waals surface area (Å²) in [5, 5.41) is 3.21. The highest BCUT2D eigenvalue weighted by Gasteiger charge is 2.36. The summed E-state index contributed by atoms with van der Waals surface area (Å²) in [7, 11) is 0. The zero-order valence-electron chi connectivity index (χ0n) is 11.5. The molecule has 0 saturated carbocycles. The molecule has 1 atom stereocenters. The standard InChI is InChI=1S/C15H20N2O2/c1-3-11-7-5-6-8-12(11)10-16-13-9-14(18)17(4-2)15(13)19/h5-8,13,16H,3-4,9-10H2,1-2H3. The lowest BCUT2D eigenvalue weighted by Crippen LogP contribution is -2.38. The molecular formula is C15H20N2O2. The van der Waals surface area contributed by atoms with E-state index in [1.54, 1.807) is 0 Å². The van der Waals surface area contributed by atoms with E-state index in [-0.39, 0.29) is 24.3 Å². The summed E-state index contributed by atoms with van der Waals surface area (Å²) in [6.07, 6.45) is 1.25. The van der Waals surface area contributed by atoms with E-state index in [1.165, 1.54) is 16.0 Å². The van der Waals surface area contributed by atoms with E-state index in [2.05, 4.69) is 24.4 Å². The van der Waals surface area contributed by atoms with E-state index < -0.39 is 0 Å². The molecule has 102 valence electrons. The number of amides is 2. The number of carbonyl (C=O) groups excluding carboxylic acids is 2. The first-order valence-corrected chi connectivity index (χ1v) is 6.81. The van der Waals surface area contributed by atoms with Gasteiger partial charge >= 0.3 is 0 Å². The minimum Gasteiger partial charge on any atom is -0.301 e. The van der Waals surface area contributed by atoms with Crippen LogP contribution >= 0.6 is 0 Å². The summed E-state index contributed by atoms with van der Waals surface area (Å²) in [5.74, 6) is -0.171. The maximum Gasteiger partial charge on any atom is 0.246 e. The second-order valence-electron chi connectivity index (χ2n) is 4.74. The van der Waals surface area contributed by atoms with Crippen molar-refractivity contribution in [3.63, 3.8) is 0 Å². The maximum atomic E-state index is 12.0. The van der Waals surface area contributed by atoms with Gasteiger partial charge in [-0.15, -0.1) is 0 Å². The van der Waals surface area contributed by atoms with Gasteiger partial charge in [-0.1, -0.05) is 31.2 Å². The molecule has 1 fully saturated rings. The Hall–Kier alpha value is -1.68. The first-order valence-electron chi connectivity index (χ1n) is 6.81. The molecule has 0 spiro atoms. The van der Waals surface area contributed by atoms with E-state index in [0.29, 0.717) is 13.1 Å². The van der Waals surface area contributed by atoms with Crippen LogP contribution < -0.4 is 5.32 Å². The van der Waals surface area contributed by atoms with Gasteiger partial charge in [-0.2, -0.15) is 0 Å². The Labute approximate surface area is 113 Å².